The van der Waals surface area contributed by atoms with Gasteiger partial charge in [0.1, 0.15) is 0 Å². The van der Waals surface area contributed by atoms with Gasteiger partial charge in [-0.3, -0.25) is 4.79 Å². The monoisotopic (exact) mass is 228 g/mol. The highest BCUT2D eigenvalue weighted by atomic mass is 35.5. The molecule has 0 fully saturated rings. The number of aromatic nitrogens is 1. The minimum absolute atomic E-state index is 0.169. The van der Waals surface area contributed by atoms with E-state index >= 15 is 0 Å². The minimum atomic E-state index is -0.577. The second kappa shape index (κ2) is 5.56. The summed E-state index contributed by atoms with van der Waals surface area (Å²) in [5.74, 6) is 0.246. The Morgan fingerprint density at radius 2 is 2.47 bits per heavy atom. The Morgan fingerprint density at radius 1 is 1.73 bits per heavy atom. The van der Waals surface area contributed by atoms with E-state index in [0.29, 0.717) is 12.3 Å². The quantitative estimate of drug-likeness (QED) is 0.798. The van der Waals surface area contributed by atoms with E-state index in [1.165, 1.54) is 0 Å². The van der Waals surface area contributed by atoms with Gasteiger partial charge in [-0.2, -0.15) is 0 Å². The number of halogens is 1. The van der Waals surface area contributed by atoms with Gasteiger partial charge in [-0.15, -0.1) is 0 Å². The molecule has 5 heteroatoms. The standard InChI is InChI=1S/C10H13ClN2O2/c1-3-12-10(14)7(2)15-8-5-4-6-13-9(8)11/h4-7H,3H2,1-2H3,(H,12,14). The van der Waals surface area contributed by atoms with Crippen LogP contribution in [0.1, 0.15) is 13.8 Å². The number of hydrogen-bond acceptors (Lipinski definition) is 3. The summed E-state index contributed by atoms with van der Waals surface area (Å²) in [6, 6.07) is 3.37. The maximum Gasteiger partial charge on any atom is 0.260 e. The SMILES string of the molecule is CCNC(=O)C(C)Oc1cccnc1Cl. The Labute approximate surface area is 93.6 Å². The summed E-state index contributed by atoms with van der Waals surface area (Å²) in [6.07, 6.45) is 0.984. The zero-order chi connectivity index (χ0) is 11.3. The highest BCUT2D eigenvalue weighted by molar-refractivity contribution is 6.30. The van der Waals surface area contributed by atoms with Crippen LogP contribution < -0.4 is 10.1 Å². The molecule has 0 saturated carbocycles. The van der Waals surface area contributed by atoms with Crippen LogP contribution in [-0.4, -0.2) is 23.5 Å². The Morgan fingerprint density at radius 3 is 3.07 bits per heavy atom. The predicted octanol–water partition coefficient (Wildman–Crippen LogP) is 1.64. The molecule has 0 bridgehead atoms. The number of pyridine rings is 1. The minimum Gasteiger partial charge on any atom is -0.478 e. The van der Waals surface area contributed by atoms with Crippen LogP contribution in [0.3, 0.4) is 0 Å². The van der Waals surface area contributed by atoms with Gasteiger partial charge in [0.2, 0.25) is 0 Å². The van der Waals surface area contributed by atoms with Crippen molar-refractivity contribution in [2.24, 2.45) is 0 Å². The predicted molar refractivity (Wildman–Crippen MR) is 58.0 cm³/mol. The molecule has 82 valence electrons. The van der Waals surface area contributed by atoms with E-state index in [1.54, 1.807) is 25.3 Å². The normalized spacial score (nSPS) is 11.9. The van der Waals surface area contributed by atoms with E-state index in [4.69, 9.17) is 16.3 Å². The zero-order valence-electron chi connectivity index (χ0n) is 8.66. The number of ether oxygens (including phenoxy) is 1. The summed E-state index contributed by atoms with van der Waals surface area (Å²) in [6.45, 7) is 4.09. The van der Waals surface area contributed by atoms with Crippen molar-refractivity contribution >= 4 is 17.5 Å². The van der Waals surface area contributed by atoms with Crippen molar-refractivity contribution in [3.05, 3.63) is 23.5 Å². The fourth-order valence-corrected chi connectivity index (χ4v) is 1.19. The molecule has 1 atom stereocenters. The summed E-state index contributed by atoms with van der Waals surface area (Å²) < 4.78 is 5.35. The van der Waals surface area contributed by atoms with Crippen molar-refractivity contribution in [2.75, 3.05) is 6.54 Å². The Kier molecular flexibility index (Phi) is 4.37. The van der Waals surface area contributed by atoms with Crippen LogP contribution >= 0.6 is 11.6 Å². The molecular weight excluding hydrogens is 216 g/mol. The van der Waals surface area contributed by atoms with Gasteiger partial charge in [0.15, 0.2) is 17.0 Å². The molecular formula is C10H13ClN2O2. The van der Waals surface area contributed by atoms with Gasteiger partial charge in [-0.1, -0.05) is 11.6 Å². The van der Waals surface area contributed by atoms with E-state index in [0.717, 1.165) is 0 Å². The third-order valence-corrected chi connectivity index (χ3v) is 2.03. The van der Waals surface area contributed by atoms with Gasteiger partial charge in [0, 0.05) is 12.7 Å². The van der Waals surface area contributed by atoms with Crippen LogP contribution in [0, 0.1) is 0 Å². The number of nitrogens with zero attached hydrogens (tertiary/aromatic N) is 1. The lowest BCUT2D eigenvalue weighted by Crippen LogP contribution is -2.36. The first-order chi connectivity index (χ1) is 7.15. The van der Waals surface area contributed by atoms with E-state index in [2.05, 4.69) is 10.3 Å². The lowest BCUT2D eigenvalue weighted by atomic mass is 10.3. The molecule has 0 spiro atoms. The number of amides is 1. The lowest BCUT2D eigenvalue weighted by Gasteiger charge is -2.14. The van der Waals surface area contributed by atoms with Crippen LogP contribution in [0.25, 0.3) is 0 Å². The number of hydrogen-bond donors (Lipinski definition) is 1. The summed E-state index contributed by atoms with van der Waals surface area (Å²) in [4.78, 5) is 15.2. The van der Waals surface area contributed by atoms with Gasteiger partial charge < -0.3 is 10.1 Å². The Hall–Kier alpha value is -1.29. The van der Waals surface area contributed by atoms with Crippen LogP contribution in [0.5, 0.6) is 5.75 Å². The van der Waals surface area contributed by atoms with Crippen molar-refractivity contribution in [3.63, 3.8) is 0 Å². The maximum atomic E-state index is 11.4. The molecule has 0 aliphatic rings. The average molecular weight is 229 g/mol. The van der Waals surface area contributed by atoms with E-state index < -0.39 is 6.10 Å². The van der Waals surface area contributed by atoms with Gasteiger partial charge >= 0.3 is 0 Å². The van der Waals surface area contributed by atoms with E-state index in [1.807, 2.05) is 6.92 Å². The number of rotatable bonds is 4. The fraction of sp³-hybridized carbons (Fsp3) is 0.400. The highest BCUT2D eigenvalue weighted by Gasteiger charge is 2.14. The molecule has 1 heterocycles. The van der Waals surface area contributed by atoms with Crippen molar-refractivity contribution in [3.8, 4) is 5.75 Å². The summed E-state index contributed by atoms with van der Waals surface area (Å²) in [5.41, 5.74) is 0. The second-order valence-electron chi connectivity index (χ2n) is 2.95. The summed E-state index contributed by atoms with van der Waals surface area (Å²) in [7, 11) is 0. The molecule has 0 aliphatic carbocycles. The second-order valence-corrected chi connectivity index (χ2v) is 3.31. The van der Waals surface area contributed by atoms with Gasteiger partial charge in [-0.05, 0) is 26.0 Å². The van der Waals surface area contributed by atoms with Crippen molar-refractivity contribution in [1.29, 1.82) is 0 Å². The first-order valence-corrected chi connectivity index (χ1v) is 5.07. The van der Waals surface area contributed by atoms with Crippen LogP contribution in [0.4, 0.5) is 0 Å². The average Bonchev–Trinajstić information content (AvgIpc) is 2.21. The molecule has 0 radical (unpaired) electrons. The zero-order valence-corrected chi connectivity index (χ0v) is 9.41. The molecule has 1 rings (SSSR count). The number of carbonyl (C=O) groups is 1. The lowest BCUT2D eigenvalue weighted by molar-refractivity contribution is -0.127. The first kappa shape index (κ1) is 11.8. The molecule has 0 aromatic carbocycles. The van der Waals surface area contributed by atoms with Crippen molar-refractivity contribution in [1.82, 2.24) is 10.3 Å². The molecule has 1 N–H and O–H groups in total. The molecule has 4 nitrogen and oxygen atoms in total. The first-order valence-electron chi connectivity index (χ1n) is 4.70. The number of likely N-dealkylation sites (N-methyl/N-ethyl adjacent to an activating group) is 1. The largest absolute Gasteiger partial charge is 0.478 e. The smallest absolute Gasteiger partial charge is 0.260 e. The summed E-state index contributed by atoms with van der Waals surface area (Å²) >= 11 is 5.78. The molecule has 1 unspecified atom stereocenters. The molecule has 1 aromatic rings. The number of nitrogens with one attached hydrogen (secondary N) is 1. The van der Waals surface area contributed by atoms with Gasteiger partial charge in [0.25, 0.3) is 5.91 Å². The molecule has 0 saturated heterocycles. The fourth-order valence-electron chi connectivity index (χ4n) is 1.02. The molecule has 0 aliphatic heterocycles. The molecule has 1 amide bonds. The number of carbonyl (C=O) groups excluding carboxylic acids is 1. The topological polar surface area (TPSA) is 51.2 Å². The van der Waals surface area contributed by atoms with Gasteiger partial charge in [-0.25, -0.2) is 4.98 Å². The molecule has 15 heavy (non-hydrogen) atoms. The van der Waals surface area contributed by atoms with Gasteiger partial charge in [0.05, 0.1) is 0 Å². The maximum absolute atomic E-state index is 11.4. The van der Waals surface area contributed by atoms with E-state index in [-0.39, 0.29) is 11.1 Å². The Bertz CT molecular complexity index is 344. The third-order valence-electron chi connectivity index (χ3n) is 1.75. The van der Waals surface area contributed by atoms with Crippen molar-refractivity contribution < 1.29 is 9.53 Å². The van der Waals surface area contributed by atoms with E-state index in [9.17, 15) is 4.79 Å². The van der Waals surface area contributed by atoms with Crippen molar-refractivity contribution in [2.45, 2.75) is 20.0 Å². The van der Waals surface area contributed by atoms with Crippen LogP contribution in [0.2, 0.25) is 5.15 Å². The van der Waals surface area contributed by atoms with Crippen LogP contribution in [-0.2, 0) is 4.79 Å². The summed E-state index contributed by atoms with van der Waals surface area (Å²) in [5, 5.41) is 2.92. The van der Waals surface area contributed by atoms with Crippen LogP contribution in [0.15, 0.2) is 18.3 Å². The highest BCUT2D eigenvalue weighted by Crippen LogP contribution is 2.21. The molecule has 1 aromatic heterocycles. The third kappa shape index (κ3) is 3.40. The Balaban J connectivity index is 2.62.